The lowest BCUT2D eigenvalue weighted by Crippen LogP contribution is -2.32. The first-order valence-corrected chi connectivity index (χ1v) is 9.10. The number of amides is 1. The molecule has 1 amide bonds. The Labute approximate surface area is 156 Å². The van der Waals surface area contributed by atoms with E-state index in [1.54, 1.807) is 24.4 Å². The number of carbonyl (C=O) groups excluding carboxylic acids is 1. The molecule has 3 heterocycles. The molecule has 0 aliphatic carbocycles. The van der Waals surface area contributed by atoms with E-state index in [9.17, 15) is 4.79 Å². The largest absolute Gasteiger partial charge is 0.355 e. The smallest absolute Gasteiger partial charge is 0.276 e. The monoisotopic (exact) mass is 370 g/mol. The molecule has 1 atom stereocenters. The highest BCUT2D eigenvalue weighted by Crippen LogP contribution is 2.33. The Balaban J connectivity index is 1.59. The molecule has 1 aromatic carbocycles. The first-order valence-electron chi connectivity index (χ1n) is 8.72. The topological polar surface area (TPSA) is 64.2 Å². The molecule has 0 N–H and O–H groups in total. The second kappa shape index (κ2) is 6.96. The Morgan fingerprint density at radius 2 is 2.23 bits per heavy atom. The lowest BCUT2D eigenvalue weighted by molar-refractivity contribution is 0.0719. The zero-order chi connectivity index (χ0) is 18.1. The summed E-state index contributed by atoms with van der Waals surface area (Å²) >= 11 is 6.03. The van der Waals surface area contributed by atoms with Crippen LogP contribution in [0.5, 0.6) is 0 Å². The summed E-state index contributed by atoms with van der Waals surface area (Å²) in [6, 6.07) is 11.0. The molecule has 134 valence electrons. The van der Waals surface area contributed by atoms with Crippen LogP contribution in [-0.2, 0) is 6.54 Å². The normalized spacial score (nSPS) is 17.0. The second-order valence-electron chi connectivity index (χ2n) is 6.32. The Morgan fingerprint density at radius 3 is 3.04 bits per heavy atom. The first kappa shape index (κ1) is 16.8. The van der Waals surface area contributed by atoms with Gasteiger partial charge in [-0.15, -0.1) is 0 Å². The van der Waals surface area contributed by atoms with Gasteiger partial charge in [0.1, 0.15) is 0 Å². The van der Waals surface area contributed by atoms with E-state index in [4.69, 9.17) is 16.1 Å². The highest BCUT2D eigenvalue weighted by molar-refractivity contribution is 6.30. The number of carbonyl (C=O) groups is 1. The average Bonchev–Trinajstić information content (AvgIpc) is 3.40. The van der Waals surface area contributed by atoms with Crippen molar-refractivity contribution in [1.29, 1.82) is 0 Å². The van der Waals surface area contributed by atoms with Gasteiger partial charge in [-0.1, -0.05) is 28.9 Å². The van der Waals surface area contributed by atoms with Gasteiger partial charge in [0, 0.05) is 35.9 Å². The van der Waals surface area contributed by atoms with Gasteiger partial charge in [-0.25, -0.2) is 0 Å². The van der Waals surface area contributed by atoms with Gasteiger partial charge in [-0.2, -0.15) is 5.10 Å². The van der Waals surface area contributed by atoms with Crippen molar-refractivity contribution >= 4 is 17.5 Å². The number of halogens is 1. The van der Waals surface area contributed by atoms with Crippen LogP contribution in [0.25, 0.3) is 11.3 Å². The van der Waals surface area contributed by atoms with E-state index in [-0.39, 0.29) is 11.9 Å². The van der Waals surface area contributed by atoms with Crippen molar-refractivity contribution in [3.63, 3.8) is 0 Å². The summed E-state index contributed by atoms with van der Waals surface area (Å²) in [6.45, 7) is 3.54. The highest BCUT2D eigenvalue weighted by atomic mass is 35.5. The fraction of sp³-hybridized carbons (Fsp3) is 0.316. The third kappa shape index (κ3) is 3.01. The summed E-state index contributed by atoms with van der Waals surface area (Å²) in [6.07, 6.45) is 3.67. The quantitative estimate of drug-likeness (QED) is 0.690. The fourth-order valence-electron chi connectivity index (χ4n) is 3.51. The van der Waals surface area contributed by atoms with Crippen molar-refractivity contribution in [2.45, 2.75) is 32.4 Å². The molecule has 6 nitrogen and oxygen atoms in total. The lowest BCUT2D eigenvalue weighted by Gasteiger charge is -2.24. The number of hydrogen-bond acceptors (Lipinski definition) is 4. The third-order valence-corrected chi connectivity index (χ3v) is 4.98. The van der Waals surface area contributed by atoms with Gasteiger partial charge in [0.2, 0.25) is 0 Å². The zero-order valence-electron chi connectivity index (χ0n) is 14.4. The molecule has 0 unspecified atom stereocenters. The maximum Gasteiger partial charge on any atom is 0.276 e. The van der Waals surface area contributed by atoms with Crippen molar-refractivity contribution < 1.29 is 9.32 Å². The van der Waals surface area contributed by atoms with Gasteiger partial charge in [0.25, 0.3) is 5.91 Å². The molecule has 0 saturated carbocycles. The molecule has 26 heavy (non-hydrogen) atoms. The molecular formula is C19H19ClN4O2. The van der Waals surface area contributed by atoms with Gasteiger partial charge in [-0.05, 0) is 38.0 Å². The van der Waals surface area contributed by atoms with E-state index in [0.29, 0.717) is 23.0 Å². The van der Waals surface area contributed by atoms with Gasteiger partial charge < -0.3 is 9.42 Å². The Hall–Kier alpha value is -2.60. The van der Waals surface area contributed by atoms with Crippen LogP contribution < -0.4 is 0 Å². The van der Waals surface area contributed by atoms with Crippen LogP contribution in [-0.4, -0.2) is 32.3 Å². The minimum atomic E-state index is -0.117. The molecule has 7 heteroatoms. The van der Waals surface area contributed by atoms with E-state index in [1.807, 2.05) is 34.7 Å². The molecule has 2 aromatic heterocycles. The van der Waals surface area contributed by atoms with Crippen molar-refractivity contribution in [1.82, 2.24) is 19.8 Å². The number of likely N-dealkylation sites (tertiary alicyclic amines) is 1. The predicted octanol–water partition coefficient (Wildman–Crippen LogP) is 4.19. The minimum Gasteiger partial charge on any atom is -0.355 e. The number of aryl methyl sites for hydroxylation is 1. The van der Waals surface area contributed by atoms with Crippen molar-refractivity contribution in [3.05, 3.63) is 59.0 Å². The molecule has 3 aromatic rings. The molecule has 0 bridgehead atoms. The van der Waals surface area contributed by atoms with Crippen LogP contribution in [0.15, 0.2) is 47.1 Å². The number of benzene rings is 1. The summed E-state index contributed by atoms with van der Waals surface area (Å²) in [5.41, 5.74) is 2.18. The summed E-state index contributed by atoms with van der Waals surface area (Å²) in [7, 11) is 0. The van der Waals surface area contributed by atoms with Gasteiger partial charge in [-0.3, -0.25) is 9.48 Å². The minimum absolute atomic E-state index is 0.0243. The predicted molar refractivity (Wildman–Crippen MR) is 97.9 cm³/mol. The molecule has 1 saturated heterocycles. The van der Waals surface area contributed by atoms with Crippen LogP contribution in [0.3, 0.4) is 0 Å². The van der Waals surface area contributed by atoms with Crippen LogP contribution in [0.4, 0.5) is 0 Å². The van der Waals surface area contributed by atoms with Gasteiger partial charge >= 0.3 is 0 Å². The van der Waals surface area contributed by atoms with E-state index in [1.165, 1.54) is 0 Å². The average molecular weight is 371 g/mol. The Morgan fingerprint density at radius 1 is 1.35 bits per heavy atom. The lowest BCUT2D eigenvalue weighted by atomic mass is 10.1. The van der Waals surface area contributed by atoms with Crippen LogP contribution in [0.2, 0.25) is 5.02 Å². The molecule has 1 aliphatic rings. The second-order valence-corrected chi connectivity index (χ2v) is 6.75. The molecule has 4 rings (SSSR count). The van der Waals surface area contributed by atoms with Crippen LogP contribution in [0.1, 0.15) is 42.0 Å². The summed E-state index contributed by atoms with van der Waals surface area (Å²) in [4.78, 5) is 14.9. The van der Waals surface area contributed by atoms with E-state index >= 15 is 0 Å². The van der Waals surface area contributed by atoms with E-state index < -0.39 is 0 Å². The first-order chi connectivity index (χ1) is 12.7. The summed E-state index contributed by atoms with van der Waals surface area (Å²) in [5, 5.41) is 8.93. The molecule has 1 fully saturated rings. The molecule has 1 aliphatic heterocycles. The van der Waals surface area contributed by atoms with Crippen molar-refractivity contribution in [2.24, 2.45) is 0 Å². The summed E-state index contributed by atoms with van der Waals surface area (Å²) < 4.78 is 7.32. The molecular weight excluding hydrogens is 352 g/mol. The third-order valence-electron chi connectivity index (χ3n) is 4.74. The Kier molecular flexibility index (Phi) is 4.51. The van der Waals surface area contributed by atoms with E-state index in [0.717, 1.165) is 30.6 Å². The maximum absolute atomic E-state index is 13.0. The number of nitrogens with zero attached hydrogens (tertiary/aromatic N) is 4. The number of hydrogen-bond donors (Lipinski definition) is 0. The van der Waals surface area contributed by atoms with Crippen LogP contribution in [0, 0.1) is 0 Å². The van der Waals surface area contributed by atoms with Gasteiger partial charge in [0.05, 0.1) is 11.7 Å². The van der Waals surface area contributed by atoms with Crippen molar-refractivity contribution in [2.75, 3.05) is 6.54 Å². The standard InChI is InChI=1S/C19H19ClN4O2/c1-2-24-17(8-9-21-24)16-7-4-10-23(16)19(25)15-12-18(26-22-15)13-5-3-6-14(20)11-13/h3,5-6,8-9,11-12,16H,2,4,7,10H2,1H3/t16-/m1/s1. The number of aromatic nitrogens is 3. The van der Waals surface area contributed by atoms with E-state index in [2.05, 4.69) is 10.3 Å². The summed E-state index contributed by atoms with van der Waals surface area (Å²) in [5.74, 6) is 0.415. The van der Waals surface area contributed by atoms with Crippen LogP contribution >= 0.6 is 11.6 Å². The Bertz CT molecular complexity index is 933. The number of rotatable bonds is 4. The van der Waals surface area contributed by atoms with Crippen molar-refractivity contribution in [3.8, 4) is 11.3 Å². The molecule has 0 spiro atoms. The van der Waals surface area contributed by atoms with Gasteiger partial charge in [0.15, 0.2) is 11.5 Å². The maximum atomic E-state index is 13.0. The molecule has 0 radical (unpaired) electrons. The highest BCUT2D eigenvalue weighted by Gasteiger charge is 2.33. The zero-order valence-corrected chi connectivity index (χ0v) is 15.2. The SMILES string of the molecule is CCn1nccc1[C@H]1CCCN1C(=O)c1cc(-c2cccc(Cl)c2)on1. The fourth-order valence-corrected chi connectivity index (χ4v) is 3.70.